The summed E-state index contributed by atoms with van der Waals surface area (Å²) in [5.41, 5.74) is 1.24. The fraction of sp³-hybridized carbons (Fsp3) is 0.333. The first kappa shape index (κ1) is 20.5. The van der Waals surface area contributed by atoms with Crippen LogP contribution in [0.1, 0.15) is 22.8 Å². The summed E-state index contributed by atoms with van der Waals surface area (Å²) >= 11 is 0. The molecule has 1 N–H and O–H groups in total. The second-order valence-corrected chi connectivity index (χ2v) is 7.09. The molecule has 1 unspecified atom stereocenters. The van der Waals surface area contributed by atoms with Crippen molar-refractivity contribution in [3.05, 3.63) is 75.8 Å². The lowest BCUT2D eigenvalue weighted by atomic mass is 10.1. The number of nitrogens with one attached hydrogen (secondary N) is 1. The molecule has 0 bridgehead atoms. The maximum Gasteiger partial charge on any atom is 0.270 e. The van der Waals surface area contributed by atoms with Crippen LogP contribution in [0.2, 0.25) is 0 Å². The number of piperazine rings is 1. The molecule has 3 rings (SSSR count). The molecule has 2 aromatic rings. The Kier molecular flexibility index (Phi) is 6.56. The Balaban J connectivity index is 1.51. The lowest BCUT2D eigenvalue weighted by Gasteiger charge is -2.36. The molecule has 0 saturated carbocycles. The highest BCUT2D eigenvalue weighted by Gasteiger charge is 2.26. The van der Waals surface area contributed by atoms with Gasteiger partial charge in [0.15, 0.2) is 0 Å². The lowest BCUT2D eigenvalue weighted by Crippen LogP contribution is -2.53. The van der Waals surface area contributed by atoms with E-state index in [1.54, 1.807) is 11.8 Å². The average Bonchev–Trinajstić information content (AvgIpc) is 2.74. The summed E-state index contributed by atoms with van der Waals surface area (Å²) in [5, 5.41) is 13.5. The number of carbonyl (C=O) groups excluding carboxylic acids is 2. The predicted molar refractivity (Wildman–Crippen MR) is 108 cm³/mol. The number of rotatable bonds is 6. The Hall–Kier alpha value is -3.26. The number of amides is 2. The fourth-order valence-electron chi connectivity index (χ4n) is 3.34. The van der Waals surface area contributed by atoms with E-state index in [0.29, 0.717) is 13.1 Å². The summed E-state index contributed by atoms with van der Waals surface area (Å²) in [4.78, 5) is 39.4. The first-order valence-electron chi connectivity index (χ1n) is 9.54. The van der Waals surface area contributed by atoms with Crippen LogP contribution in [0.15, 0.2) is 54.6 Å². The Morgan fingerprint density at radius 1 is 1.07 bits per heavy atom. The van der Waals surface area contributed by atoms with Crippen molar-refractivity contribution in [3.8, 4) is 0 Å². The largest absolute Gasteiger partial charge is 0.341 e. The van der Waals surface area contributed by atoms with E-state index >= 15 is 0 Å². The summed E-state index contributed by atoms with van der Waals surface area (Å²) in [6.45, 7) is 5.22. The zero-order valence-corrected chi connectivity index (χ0v) is 16.3. The molecule has 1 heterocycles. The van der Waals surface area contributed by atoms with Crippen molar-refractivity contribution in [2.24, 2.45) is 0 Å². The highest BCUT2D eigenvalue weighted by atomic mass is 16.6. The zero-order valence-electron chi connectivity index (χ0n) is 16.3. The average molecular weight is 396 g/mol. The SMILES string of the molecule is CC(NC(=O)c1cccc([N+](=O)[O-])c1)C(=O)N1CCN(Cc2ccccc2)CC1. The molecule has 0 aliphatic carbocycles. The maximum atomic E-state index is 12.7. The molecule has 1 aliphatic heterocycles. The number of non-ortho nitro benzene ring substituents is 1. The van der Waals surface area contributed by atoms with Crippen LogP contribution >= 0.6 is 0 Å². The predicted octanol–water partition coefficient (Wildman–Crippen LogP) is 2.06. The van der Waals surface area contributed by atoms with E-state index in [2.05, 4.69) is 22.3 Å². The number of hydrogen-bond donors (Lipinski definition) is 1. The van der Waals surface area contributed by atoms with Gasteiger partial charge in [-0.2, -0.15) is 0 Å². The Morgan fingerprint density at radius 3 is 2.41 bits per heavy atom. The second-order valence-electron chi connectivity index (χ2n) is 7.09. The van der Waals surface area contributed by atoms with E-state index in [1.807, 2.05) is 18.2 Å². The topological polar surface area (TPSA) is 95.8 Å². The van der Waals surface area contributed by atoms with Crippen LogP contribution in [0.25, 0.3) is 0 Å². The lowest BCUT2D eigenvalue weighted by molar-refractivity contribution is -0.384. The van der Waals surface area contributed by atoms with E-state index in [-0.39, 0.29) is 17.2 Å². The molecule has 2 aromatic carbocycles. The van der Waals surface area contributed by atoms with Crippen LogP contribution in [-0.4, -0.2) is 58.8 Å². The third-order valence-corrected chi connectivity index (χ3v) is 4.97. The highest BCUT2D eigenvalue weighted by molar-refractivity contribution is 5.97. The maximum absolute atomic E-state index is 12.7. The zero-order chi connectivity index (χ0) is 20.8. The molecular formula is C21H24N4O4. The molecule has 152 valence electrons. The van der Waals surface area contributed by atoms with Crippen molar-refractivity contribution in [2.45, 2.75) is 19.5 Å². The van der Waals surface area contributed by atoms with Gasteiger partial charge in [0.25, 0.3) is 11.6 Å². The minimum absolute atomic E-state index is 0.150. The third kappa shape index (κ3) is 5.39. The molecule has 1 fully saturated rings. The molecule has 1 saturated heterocycles. The molecule has 8 heteroatoms. The van der Waals surface area contributed by atoms with Crippen molar-refractivity contribution >= 4 is 17.5 Å². The minimum atomic E-state index is -0.706. The van der Waals surface area contributed by atoms with Crippen LogP contribution < -0.4 is 5.32 Å². The summed E-state index contributed by atoms with van der Waals surface area (Å²) in [5.74, 6) is -0.652. The van der Waals surface area contributed by atoms with Gasteiger partial charge < -0.3 is 10.2 Å². The van der Waals surface area contributed by atoms with Gasteiger partial charge in [0.2, 0.25) is 5.91 Å². The number of nitrogens with zero attached hydrogens (tertiary/aromatic N) is 3. The van der Waals surface area contributed by atoms with Crippen molar-refractivity contribution in [3.63, 3.8) is 0 Å². The van der Waals surface area contributed by atoms with Gasteiger partial charge >= 0.3 is 0 Å². The second kappa shape index (κ2) is 9.29. The number of carbonyl (C=O) groups is 2. The van der Waals surface area contributed by atoms with Gasteiger partial charge in [0, 0.05) is 50.4 Å². The van der Waals surface area contributed by atoms with Crippen LogP contribution in [0, 0.1) is 10.1 Å². The molecule has 8 nitrogen and oxygen atoms in total. The summed E-state index contributed by atoms with van der Waals surface area (Å²) in [6, 6.07) is 14.9. The monoisotopic (exact) mass is 396 g/mol. The van der Waals surface area contributed by atoms with E-state index < -0.39 is 16.9 Å². The Labute approximate surface area is 169 Å². The molecule has 0 radical (unpaired) electrons. The Morgan fingerprint density at radius 2 is 1.76 bits per heavy atom. The molecular weight excluding hydrogens is 372 g/mol. The van der Waals surface area contributed by atoms with Crippen molar-refractivity contribution < 1.29 is 14.5 Å². The van der Waals surface area contributed by atoms with Crippen LogP contribution in [0.5, 0.6) is 0 Å². The molecule has 1 atom stereocenters. The van der Waals surface area contributed by atoms with Crippen molar-refractivity contribution in [1.82, 2.24) is 15.1 Å². The van der Waals surface area contributed by atoms with Crippen molar-refractivity contribution in [1.29, 1.82) is 0 Å². The number of nitro groups is 1. The first-order valence-corrected chi connectivity index (χ1v) is 9.54. The van der Waals surface area contributed by atoms with E-state index in [9.17, 15) is 19.7 Å². The molecule has 2 amide bonds. The fourth-order valence-corrected chi connectivity index (χ4v) is 3.34. The number of benzene rings is 2. The Bertz CT molecular complexity index is 879. The first-order chi connectivity index (χ1) is 13.9. The van der Waals surface area contributed by atoms with Gasteiger partial charge in [0.05, 0.1) is 4.92 Å². The third-order valence-electron chi connectivity index (χ3n) is 4.97. The van der Waals surface area contributed by atoms with E-state index in [4.69, 9.17) is 0 Å². The smallest absolute Gasteiger partial charge is 0.270 e. The van der Waals surface area contributed by atoms with Gasteiger partial charge in [-0.3, -0.25) is 24.6 Å². The number of hydrogen-bond acceptors (Lipinski definition) is 5. The standard InChI is InChI=1S/C21H24N4O4/c1-16(22-20(26)18-8-5-9-19(14-18)25(28)29)21(27)24-12-10-23(11-13-24)15-17-6-3-2-4-7-17/h2-9,14,16H,10-13,15H2,1H3,(H,22,26). The molecule has 0 spiro atoms. The number of nitro benzene ring substituents is 1. The van der Waals surface area contributed by atoms with E-state index in [1.165, 1.54) is 29.8 Å². The quantitative estimate of drug-likeness (QED) is 0.596. The molecule has 1 aliphatic rings. The van der Waals surface area contributed by atoms with Gasteiger partial charge in [-0.25, -0.2) is 0 Å². The minimum Gasteiger partial charge on any atom is -0.341 e. The van der Waals surface area contributed by atoms with Crippen LogP contribution in [0.4, 0.5) is 5.69 Å². The van der Waals surface area contributed by atoms with Crippen molar-refractivity contribution in [2.75, 3.05) is 26.2 Å². The molecule has 29 heavy (non-hydrogen) atoms. The normalized spacial score (nSPS) is 15.6. The summed E-state index contributed by atoms with van der Waals surface area (Å²) in [6.07, 6.45) is 0. The molecule has 0 aromatic heterocycles. The van der Waals surface area contributed by atoms with Gasteiger partial charge in [0.1, 0.15) is 6.04 Å². The van der Waals surface area contributed by atoms with E-state index in [0.717, 1.165) is 19.6 Å². The van der Waals surface area contributed by atoms with Gasteiger partial charge in [-0.1, -0.05) is 36.4 Å². The summed E-state index contributed by atoms with van der Waals surface area (Å²) < 4.78 is 0. The van der Waals surface area contributed by atoms with Gasteiger partial charge in [-0.05, 0) is 18.6 Å². The summed E-state index contributed by atoms with van der Waals surface area (Å²) in [7, 11) is 0. The van der Waals surface area contributed by atoms with Crippen LogP contribution in [0.3, 0.4) is 0 Å². The van der Waals surface area contributed by atoms with Crippen LogP contribution in [-0.2, 0) is 11.3 Å². The highest BCUT2D eigenvalue weighted by Crippen LogP contribution is 2.14. The van der Waals surface area contributed by atoms with Gasteiger partial charge in [-0.15, -0.1) is 0 Å².